The molecule has 1 atom stereocenters. The van der Waals surface area contributed by atoms with E-state index in [4.69, 9.17) is 0 Å². The molecular weight excluding hydrogens is 378 g/mol. The van der Waals surface area contributed by atoms with Gasteiger partial charge in [0.05, 0.1) is 11.3 Å². The molecule has 1 aliphatic rings. The highest BCUT2D eigenvalue weighted by atomic mass is 32.1. The average Bonchev–Trinajstić information content (AvgIpc) is 3.19. The zero-order chi connectivity index (χ0) is 19.5. The first-order valence-electron chi connectivity index (χ1n) is 9.30. The third-order valence-electron chi connectivity index (χ3n) is 5.14. The van der Waals surface area contributed by atoms with Gasteiger partial charge in [0, 0.05) is 42.2 Å². The number of nitrogens with one attached hydrogen (secondary N) is 1. The van der Waals surface area contributed by atoms with E-state index in [1.165, 1.54) is 17.1 Å². The second kappa shape index (κ2) is 8.21. The Hall–Kier alpha value is -2.56. The van der Waals surface area contributed by atoms with Crippen molar-refractivity contribution in [1.29, 1.82) is 5.26 Å². The summed E-state index contributed by atoms with van der Waals surface area (Å²) in [6.07, 6.45) is 3.54. The van der Waals surface area contributed by atoms with E-state index in [1.807, 2.05) is 0 Å². The van der Waals surface area contributed by atoms with Crippen LogP contribution in [-0.4, -0.2) is 29.5 Å². The molecule has 1 aromatic carbocycles. The van der Waals surface area contributed by atoms with E-state index in [1.54, 1.807) is 11.3 Å². The third-order valence-corrected chi connectivity index (χ3v) is 6.00. The lowest BCUT2D eigenvalue weighted by atomic mass is 9.97. The number of rotatable bonds is 5. The number of aromatic nitrogens is 1. The molecule has 1 fully saturated rings. The van der Waals surface area contributed by atoms with Crippen LogP contribution in [0.5, 0.6) is 0 Å². The monoisotopic (exact) mass is 398 g/mol. The highest BCUT2D eigenvalue weighted by Crippen LogP contribution is 2.29. The van der Waals surface area contributed by atoms with Crippen LogP contribution in [0.25, 0.3) is 10.9 Å². The Morgan fingerprint density at radius 3 is 3.04 bits per heavy atom. The number of nitriles is 1. The summed E-state index contributed by atoms with van der Waals surface area (Å²) in [6.45, 7) is 3.63. The summed E-state index contributed by atoms with van der Waals surface area (Å²) in [5.74, 6) is -0.992. The van der Waals surface area contributed by atoms with Crippen molar-refractivity contribution in [3.8, 4) is 6.07 Å². The second-order valence-electron chi connectivity index (χ2n) is 7.15. The van der Waals surface area contributed by atoms with E-state index in [0.29, 0.717) is 29.1 Å². The largest absolute Gasteiger partial charge is 0.383 e. The molecular formula is C21H20F2N4S. The number of piperidine rings is 1. The molecule has 2 aromatic heterocycles. The summed E-state index contributed by atoms with van der Waals surface area (Å²) in [7, 11) is 0. The van der Waals surface area contributed by atoms with E-state index in [-0.39, 0.29) is 5.52 Å². The van der Waals surface area contributed by atoms with E-state index < -0.39 is 11.6 Å². The van der Waals surface area contributed by atoms with Crippen molar-refractivity contribution < 1.29 is 8.78 Å². The zero-order valence-electron chi connectivity index (χ0n) is 15.3. The van der Waals surface area contributed by atoms with E-state index >= 15 is 0 Å². The highest BCUT2D eigenvalue weighted by Gasteiger charge is 2.21. The summed E-state index contributed by atoms with van der Waals surface area (Å²) in [4.78, 5) is 7.79. The van der Waals surface area contributed by atoms with Crippen molar-refractivity contribution in [2.75, 3.05) is 25.0 Å². The van der Waals surface area contributed by atoms with Crippen molar-refractivity contribution in [1.82, 2.24) is 9.88 Å². The number of hydrogen-bond acceptors (Lipinski definition) is 5. The topological polar surface area (TPSA) is 52.0 Å². The van der Waals surface area contributed by atoms with Crippen LogP contribution in [0, 0.1) is 28.9 Å². The fraction of sp³-hybridized carbons (Fsp3) is 0.333. The van der Waals surface area contributed by atoms with Crippen LogP contribution in [0.3, 0.4) is 0 Å². The van der Waals surface area contributed by atoms with Gasteiger partial charge in [-0.25, -0.2) is 8.78 Å². The van der Waals surface area contributed by atoms with Crippen molar-refractivity contribution in [2.45, 2.75) is 19.4 Å². The molecule has 0 spiro atoms. The van der Waals surface area contributed by atoms with E-state index in [0.717, 1.165) is 38.5 Å². The molecule has 1 unspecified atom stereocenters. The SMILES string of the molecule is N#Cc1cnc2c(F)cc(F)cc2c1NCC1CCCN(Cc2cccs2)C1. The maximum absolute atomic E-state index is 14.1. The minimum atomic E-state index is -0.720. The Morgan fingerprint density at radius 2 is 2.25 bits per heavy atom. The van der Waals surface area contributed by atoms with Crippen LogP contribution in [0.1, 0.15) is 23.3 Å². The van der Waals surface area contributed by atoms with Crippen LogP contribution in [-0.2, 0) is 6.54 Å². The van der Waals surface area contributed by atoms with E-state index in [9.17, 15) is 14.0 Å². The van der Waals surface area contributed by atoms with Crippen LogP contribution in [0.15, 0.2) is 35.8 Å². The molecule has 1 saturated heterocycles. The summed E-state index contributed by atoms with van der Waals surface area (Å²) in [5, 5.41) is 15.1. The Kier molecular flexibility index (Phi) is 5.51. The van der Waals surface area contributed by atoms with Gasteiger partial charge in [-0.1, -0.05) is 6.07 Å². The number of hydrogen-bond donors (Lipinski definition) is 1. The number of likely N-dealkylation sites (tertiary alicyclic amines) is 1. The molecule has 3 aromatic rings. The number of anilines is 1. The van der Waals surface area contributed by atoms with Gasteiger partial charge in [0.15, 0.2) is 5.82 Å². The van der Waals surface area contributed by atoms with Gasteiger partial charge in [-0.05, 0) is 42.8 Å². The number of thiophene rings is 1. The van der Waals surface area contributed by atoms with Gasteiger partial charge in [0.1, 0.15) is 17.4 Å². The Morgan fingerprint density at radius 1 is 1.36 bits per heavy atom. The van der Waals surface area contributed by atoms with Gasteiger partial charge in [-0.15, -0.1) is 11.3 Å². The zero-order valence-corrected chi connectivity index (χ0v) is 16.1. The van der Waals surface area contributed by atoms with Crippen molar-refractivity contribution in [3.63, 3.8) is 0 Å². The molecule has 0 amide bonds. The normalized spacial score (nSPS) is 17.5. The lowest BCUT2D eigenvalue weighted by Crippen LogP contribution is -2.37. The molecule has 28 heavy (non-hydrogen) atoms. The van der Waals surface area contributed by atoms with Gasteiger partial charge >= 0.3 is 0 Å². The molecule has 0 radical (unpaired) electrons. The van der Waals surface area contributed by atoms with Crippen molar-refractivity contribution >= 4 is 27.9 Å². The third kappa shape index (κ3) is 3.98. The van der Waals surface area contributed by atoms with E-state index in [2.05, 4.69) is 38.8 Å². The molecule has 0 saturated carbocycles. The van der Waals surface area contributed by atoms with Crippen molar-refractivity contribution in [3.05, 3.63) is 57.9 Å². The lowest BCUT2D eigenvalue weighted by Gasteiger charge is -2.32. The Bertz CT molecular complexity index is 1010. The van der Waals surface area contributed by atoms with Gasteiger partial charge in [0.25, 0.3) is 0 Å². The molecule has 3 heterocycles. The van der Waals surface area contributed by atoms with Gasteiger partial charge in [0.2, 0.25) is 0 Å². The van der Waals surface area contributed by atoms with Crippen LogP contribution < -0.4 is 5.32 Å². The van der Waals surface area contributed by atoms with Crippen LogP contribution >= 0.6 is 11.3 Å². The van der Waals surface area contributed by atoms with Crippen molar-refractivity contribution in [2.24, 2.45) is 5.92 Å². The van der Waals surface area contributed by atoms with Crippen LogP contribution in [0.2, 0.25) is 0 Å². The maximum atomic E-state index is 14.1. The summed E-state index contributed by atoms with van der Waals surface area (Å²) >= 11 is 1.77. The van der Waals surface area contributed by atoms with Gasteiger partial charge in [-0.3, -0.25) is 9.88 Å². The second-order valence-corrected chi connectivity index (χ2v) is 8.18. The summed E-state index contributed by atoms with van der Waals surface area (Å²) < 4.78 is 27.8. The first-order valence-corrected chi connectivity index (χ1v) is 10.2. The quantitative estimate of drug-likeness (QED) is 0.673. The number of nitrogens with zero attached hydrogens (tertiary/aromatic N) is 3. The molecule has 7 heteroatoms. The molecule has 144 valence electrons. The minimum Gasteiger partial charge on any atom is -0.383 e. The molecule has 4 nitrogen and oxygen atoms in total. The fourth-order valence-electron chi connectivity index (χ4n) is 3.83. The van der Waals surface area contributed by atoms with Gasteiger partial charge < -0.3 is 5.32 Å². The number of benzene rings is 1. The standard InChI is InChI=1S/C21H20F2N4S/c22-16-7-18-20(15(9-24)11-26-21(18)19(23)8-16)25-10-14-3-1-5-27(12-14)13-17-4-2-6-28-17/h2,4,6-8,11,14H,1,3,5,10,12-13H2,(H,25,26). The number of halogens is 2. The predicted molar refractivity (Wildman–Crippen MR) is 107 cm³/mol. The minimum absolute atomic E-state index is 0.0749. The molecule has 1 N–H and O–H groups in total. The lowest BCUT2D eigenvalue weighted by molar-refractivity contribution is 0.174. The first kappa shape index (κ1) is 18.8. The Balaban J connectivity index is 1.51. The summed E-state index contributed by atoms with van der Waals surface area (Å²) in [6, 6.07) is 8.34. The molecule has 4 rings (SSSR count). The summed E-state index contributed by atoms with van der Waals surface area (Å²) in [5.41, 5.74) is 0.830. The molecule has 0 bridgehead atoms. The predicted octanol–water partition coefficient (Wildman–Crippen LogP) is 4.77. The number of pyridine rings is 1. The Labute approximate surface area is 166 Å². The van der Waals surface area contributed by atoms with Crippen LogP contribution in [0.4, 0.5) is 14.5 Å². The van der Waals surface area contributed by atoms with Gasteiger partial charge in [-0.2, -0.15) is 5.26 Å². The molecule has 1 aliphatic heterocycles. The number of fused-ring (bicyclic) bond motifs is 1. The fourth-order valence-corrected chi connectivity index (χ4v) is 4.58. The first-order chi connectivity index (χ1) is 13.6. The maximum Gasteiger partial charge on any atom is 0.152 e. The molecule has 0 aliphatic carbocycles. The smallest absolute Gasteiger partial charge is 0.152 e. The highest BCUT2D eigenvalue weighted by molar-refractivity contribution is 7.09. The average molecular weight is 398 g/mol.